The first kappa shape index (κ1) is 13.3. The number of ether oxygens (including phenoxy) is 1. The Morgan fingerprint density at radius 1 is 1.56 bits per heavy atom. The van der Waals surface area contributed by atoms with Gasteiger partial charge in [0.25, 0.3) is 0 Å². The van der Waals surface area contributed by atoms with Crippen LogP contribution in [0.3, 0.4) is 0 Å². The highest BCUT2D eigenvalue weighted by Crippen LogP contribution is 2.27. The van der Waals surface area contributed by atoms with Gasteiger partial charge in [0.15, 0.2) is 0 Å². The third-order valence-corrected chi connectivity index (χ3v) is 3.60. The summed E-state index contributed by atoms with van der Waals surface area (Å²) in [6, 6.07) is 4.25. The summed E-state index contributed by atoms with van der Waals surface area (Å²) in [6.07, 6.45) is 0.648. The lowest BCUT2D eigenvalue weighted by Crippen LogP contribution is -2.35. The van der Waals surface area contributed by atoms with Crippen LogP contribution in [-0.2, 0) is 9.53 Å². The monoisotopic (exact) mass is 271 g/mol. The van der Waals surface area contributed by atoms with Crippen LogP contribution in [0.1, 0.15) is 13.3 Å². The molecule has 1 saturated heterocycles. The van der Waals surface area contributed by atoms with E-state index in [4.69, 9.17) is 16.3 Å². The van der Waals surface area contributed by atoms with Crippen LogP contribution in [0.5, 0.6) is 0 Å². The molecule has 2 unspecified atom stereocenters. The summed E-state index contributed by atoms with van der Waals surface area (Å²) in [5.41, 5.74) is 0.588. The molecule has 1 aromatic carbocycles. The van der Waals surface area contributed by atoms with Crippen molar-refractivity contribution in [1.29, 1.82) is 0 Å². The number of hydrogen-bond donors (Lipinski definition) is 0. The number of carbonyl (C=O) groups is 1. The van der Waals surface area contributed by atoms with E-state index in [0.717, 1.165) is 6.42 Å². The average Bonchev–Trinajstić information content (AvgIpc) is 2.77. The zero-order valence-electron chi connectivity index (χ0n) is 10.3. The second-order valence-corrected chi connectivity index (χ2v) is 4.87. The standard InChI is InChI=1S/C13H15ClFNO2/c1-8-10(5-6-18-8)13(17)16(2)9-3-4-12(15)11(14)7-9/h3-4,7-8,10H,5-6H2,1-2H3. The van der Waals surface area contributed by atoms with Crippen molar-refractivity contribution in [3.63, 3.8) is 0 Å². The van der Waals surface area contributed by atoms with Crippen LogP contribution in [-0.4, -0.2) is 25.7 Å². The van der Waals surface area contributed by atoms with Crippen LogP contribution in [0.25, 0.3) is 0 Å². The lowest BCUT2D eigenvalue weighted by molar-refractivity contribution is -0.123. The lowest BCUT2D eigenvalue weighted by atomic mass is 10.0. The van der Waals surface area contributed by atoms with Gasteiger partial charge in [-0.2, -0.15) is 0 Å². The van der Waals surface area contributed by atoms with Gasteiger partial charge < -0.3 is 9.64 Å². The van der Waals surface area contributed by atoms with E-state index in [1.165, 1.54) is 17.0 Å². The summed E-state index contributed by atoms with van der Waals surface area (Å²) in [6.45, 7) is 2.50. The van der Waals surface area contributed by atoms with Crippen molar-refractivity contribution in [3.05, 3.63) is 29.0 Å². The molecule has 2 atom stereocenters. The Bertz CT molecular complexity index is 466. The van der Waals surface area contributed by atoms with Gasteiger partial charge in [-0.3, -0.25) is 4.79 Å². The average molecular weight is 272 g/mol. The minimum Gasteiger partial charge on any atom is -0.378 e. The van der Waals surface area contributed by atoms with Gasteiger partial charge in [0, 0.05) is 19.3 Å². The fourth-order valence-corrected chi connectivity index (χ4v) is 2.30. The number of hydrogen-bond acceptors (Lipinski definition) is 2. The highest BCUT2D eigenvalue weighted by molar-refractivity contribution is 6.31. The van der Waals surface area contributed by atoms with Crippen LogP contribution in [0.4, 0.5) is 10.1 Å². The third-order valence-electron chi connectivity index (χ3n) is 3.31. The summed E-state index contributed by atoms with van der Waals surface area (Å²) < 4.78 is 18.5. The molecule has 1 heterocycles. The first-order valence-corrected chi connectivity index (χ1v) is 6.22. The summed E-state index contributed by atoms with van der Waals surface area (Å²) >= 11 is 5.71. The Hall–Kier alpha value is -1.13. The van der Waals surface area contributed by atoms with E-state index in [0.29, 0.717) is 12.3 Å². The quantitative estimate of drug-likeness (QED) is 0.828. The molecule has 1 amide bonds. The van der Waals surface area contributed by atoms with E-state index in [2.05, 4.69) is 0 Å². The second-order valence-electron chi connectivity index (χ2n) is 4.47. The van der Waals surface area contributed by atoms with Crippen LogP contribution >= 0.6 is 11.6 Å². The molecule has 0 saturated carbocycles. The molecule has 3 nitrogen and oxygen atoms in total. The highest BCUT2D eigenvalue weighted by Gasteiger charge is 2.33. The van der Waals surface area contributed by atoms with E-state index >= 15 is 0 Å². The molecule has 2 rings (SSSR count). The van der Waals surface area contributed by atoms with Crippen molar-refractivity contribution < 1.29 is 13.9 Å². The third kappa shape index (κ3) is 2.49. The molecule has 0 aliphatic carbocycles. The van der Waals surface area contributed by atoms with Crippen LogP contribution in [0, 0.1) is 11.7 Å². The number of benzene rings is 1. The van der Waals surface area contributed by atoms with Gasteiger partial charge in [-0.25, -0.2) is 4.39 Å². The molecule has 0 bridgehead atoms. The van der Waals surface area contributed by atoms with Crippen LogP contribution < -0.4 is 4.90 Å². The zero-order valence-corrected chi connectivity index (χ0v) is 11.1. The Kier molecular flexibility index (Phi) is 3.88. The van der Waals surface area contributed by atoms with E-state index in [-0.39, 0.29) is 23.0 Å². The summed E-state index contributed by atoms with van der Waals surface area (Å²) in [7, 11) is 1.66. The van der Waals surface area contributed by atoms with Gasteiger partial charge in [0.2, 0.25) is 5.91 Å². The zero-order chi connectivity index (χ0) is 13.3. The van der Waals surface area contributed by atoms with E-state index < -0.39 is 5.82 Å². The number of carbonyl (C=O) groups excluding carboxylic acids is 1. The van der Waals surface area contributed by atoms with Gasteiger partial charge in [0.05, 0.1) is 17.0 Å². The Morgan fingerprint density at radius 3 is 2.83 bits per heavy atom. The maximum absolute atomic E-state index is 13.1. The minimum absolute atomic E-state index is 0.0165. The molecule has 1 fully saturated rings. The van der Waals surface area contributed by atoms with Crippen molar-refractivity contribution >= 4 is 23.2 Å². The lowest BCUT2D eigenvalue weighted by Gasteiger charge is -2.23. The molecule has 1 aromatic rings. The predicted molar refractivity (Wildman–Crippen MR) is 68.3 cm³/mol. The first-order chi connectivity index (χ1) is 8.50. The Labute approximate surface area is 110 Å². The van der Waals surface area contributed by atoms with Crippen molar-refractivity contribution in [2.24, 2.45) is 5.92 Å². The van der Waals surface area contributed by atoms with Crippen molar-refractivity contribution in [3.8, 4) is 0 Å². The number of rotatable bonds is 2. The fraction of sp³-hybridized carbons (Fsp3) is 0.462. The SMILES string of the molecule is CC1OCCC1C(=O)N(C)c1ccc(F)c(Cl)c1. The number of nitrogens with zero attached hydrogens (tertiary/aromatic N) is 1. The van der Waals surface area contributed by atoms with Gasteiger partial charge in [-0.1, -0.05) is 11.6 Å². The van der Waals surface area contributed by atoms with Crippen LogP contribution in [0.15, 0.2) is 18.2 Å². The molecular formula is C13H15ClFNO2. The maximum atomic E-state index is 13.1. The molecule has 1 aliphatic rings. The van der Waals surface area contributed by atoms with Crippen molar-refractivity contribution in [2.75, 3.05) is 18.6 Å². The van der Waals surface area contributed by atoms with Gasteiger partial charge in [-0.15, -0.1) is 0 Å². The smallest absolute Gasteiger partial charge is 0.232 e. The normalized spacial score (nSPS) is 23.1. The van der Waals surface area contributed by atoms with Crippen LogP contribution in [0.2, 0.25) is 5.02 Å². The fourth-order valence-electron chi connectivity index (χ4n) is 2.13. The van der Waals surface area contributed by atoms with E-state index in [1.54, 1.807) is 13.1 Å². The van der Waals surface area contributed by atoms with Gasteiger partial charge in [-0.05, 0) is 31.5 Å². The van der Waals surface area contributed by atoms with Crippen molar-refractivity contribution in [1.82, 2.24) is 0 Å². The number of anilines is 1. The molecule has 0 spiro atoms. The van der Waals surface area contributed by atoms with Gasteiger partial charge >= 0.3 is 0 Å². The molecule has 98 valence electrons. The Morgan fingerprint density at radius 2 is 2.28 bits per heavy atom. The first-order valence-electron chi connectivity index (χ1n) is 5.85. The maximum Gasteiger partial charge on any atom is 0.232 e. The number of halogens is 2. The van der Waals surface area contributed by atoms with Gasteiger partial charge in [0.1, 0.15) is 5.82 Å². The molecule has 0 N–H and O–H groups in total. The minimum atomic E-state index is -0.487. The Balaban J connectivity index is 2.17. The summed E-state index contributed by atoms with van der Waals surface area (Å²) in [5, 5.41) is 0.0165. The molecule has 0 radical (unpaired) electrons. The predicted octanol–water partition coefficient (Wildman–Crippen LogP) is 2.87. The second kappa shape index (κ2) is 5.24. The van der Waals surface area contributed by atoms with Crippen molar-refractivity contribution in [2.45, 2.75) is 19.4 Å². The summed E-state index contributed by atoms with van der Waals surface area (Å²) in [4.78, 5) is 13.8. The largest absolute Gasteiger partial charge is 0.378 e. The summed E-state index contributed by atoms with van der Waals surface area (Å²) in [5.74, 6) is -0.652. The highest BCUT2D eigenvalue weighted by atomic mass is 35.5. The molecule has 1 aliphatic heterocycles. The molecule has 0 aromatic heterocycles. The van der Waals surface area contributed by atoms with E-state index in [1.807, 2.05) is 6.92 Å². The molecule has 18 heavy (non-hydrogen) atoms. The number of amides is 1. The molecular weight excluding hydrogens is 257 g/mol. The topological polar surface area (TPSA) is 29.5 Å². The van der Waals surface area contributed by atoms with E-state index in [9.17, 15) is 9.18 Å². The molecule has 5 heteroatoms.